The van der Waals surface area contributed by atoms with Crippen LogP contribution in [0, 0.1) is 23.4 Å². The number of rotatable bonds is 7. The van der Waals surface area contributed by atoms with Crippen molar-refractivity contribution in [1.82, 2.24) is 5.32 Å². The molecule has 1 N–H and O–H groups in total. The maximum atomic E-state index is 13.3. The Bertz CT molecular complexity index is 801. The number of hydrogen-bond acceptors (Lipinski definition) is 3. The molecule has 0 aromatic heterocycles. The molecule has 2 aromatic rings. The molecule has 0 bridgehead atoms. The normalized spacial score (nSPS) is 12.0. The zero-order chi connectivity index (χ0) is 20.1. The highest BCUT2D eigenvalue weighted by molar-refractivity contribution is 5.94. The molecule has 0 spiro atoms. The van der Waals surface area contributed by atoms with Crippen molar-refractivity contribution >= 4 is 5.91 Å². The van der Waals surface area contributed by atoms with E-state index in [1.54, 1.807) is 25.1 Å². The average molecular weight is 381 g/mol. The van der Waals surface area contributed by atoms with Gasteiger partial charge in [-0.25, -0.2) is 13.2 Å². The lowest BCUT2D eigenvalue weighted by Gasteiger charge is -2.18. The molecule has 0 fully saturated rings. The third-order valence-corrected chi connectivity index (χ3v) is 3.85. The highest BCUT2D eigenvalue weighted by atomic mass is 19.2. The van der Waals surface area contributed by atoms with E-state index in [2.05, 4.69) is 5.32 Å². The number of ether oxygens (including phenoxy) is 2. The summed E-state index contributed by atoms with van der Waals surface area (Å²) in [6, 6.07) is 6.03. The van der Waals surface area contributed by atoms with Gasteiger partial charge >= 0.3 is 0 Å². The third kappa shape index (κ3) is 5.15. The molecule has 0 radical (unpaired) electrons. The SMILES string of the molecule is COc1cc(C(C)NC(=O)c2cc(F)c(F)c(F)c2)ccc1OCC(C)C. The molecule has 0 aliphatic heterocycles. The first-order valence-electron chi connectivity index (χ1n) is 8.49. The van der Waals surface area contributed by atoms with Crippen LogP contribution in [-0.4, -0.2) is 19.6 Å². The van der Waals surface area contributed by atoms with Crippen LogP contribution in [0.4, 0.5) is 13.2 Å². The van der Waals surface area contributed by atoms with Crippen molar-refractivity contribution in [2.75, 3.05) is 13.7 Å². The van der Waals surface area contributed by atoms with Crippen LogP contribution in [0.25, 0.3) is 0 Å². The molecule has 7 heteroatoms. The standard InChI is InChI=1S/C20H22F3NO3/c1-11(2)10-27-17-6-5-13(9-18(17)26-4)12(3)24-20(25)14-7-15(21)19(23)16(22)8-14/h5-9,11-12H,10H2,1-4H3,(H,24,25). The Balaban J connectivity index is 2.15. The highest BCUT2D eigenvalue weighted by Crippen LogP contribution is 2.30. The van der Waals surface area contributed by atoms with E-state index >= 15 is 0 Å². The first kappa shape index (κ1) is 20.6. The fraction of sp³-hybridized carbons (Fsp3) is 0.350. The minimum Gasteiger partial charge on any atom is -0.493 e. The van der Waals surface area contributed by atoms with E-state index in [1.807, 2.05) is 13.8 Å². The molecule has 2 aromatic carbocycles. The first-order chi connectivity index (χ1) is 12.7. The molecule has 1 atom stereocenters. The second kappa shape index (κ2) is 8.79. The monoisotopic (exact) mass is 381 g/mol. The van der Waals surface area contributed by atoms with Crippen LogP contribution in [0.5, 0.6) is 11.5 Å². The molecule has 2 rings (SSSR count). The summed E-state index contributed by atoms with van der Waals surface area (Å²) in [7, 11) is 1.51. The molecule has 0 saturated carbocycles. The van der Waals surface area contributed by atoms with Gasteiger partial charge < -0.3 is 14.8 Å². The summed E-state index contributed by atoms with van der Waals surface area (Å²) in [6.07, 6.45) is 0. The van der Waals surface area contributed by atoms with Crippen molar-refractivity contribution < 1.29 is 27.4 Å². The van der Waals surface area contributed by atoms with Gasteiger partial charge in [0, 0.05) is 5.56 Å². The lowest BCUT2D eigenvalue weighted by Crippen LogP contribution is -2.27. The van der Waals surface area contributed by atoms with Crippen molar-refractivity contribution in [3.05, 3.63) is 58.9 Å². The summed E-state index contributed by atoms with van der Waals surface area (Å²) < 4.78 is 50.6. The van der Waals surface area contributed by atoms with Gasteiger partial charge in [-0.1, -0.05) is 19.9 Å². The zero-order valence-corrected chi connectivity index (χ0v) is 15.6. The van der Waals surface area contributed by atoms with E-state index < -0.39 is 29.4 Å². The Labute approximate surface area is 156 Å². The summed E-state index contributed by atoms with van der Waals surface area (Å²) in [6.45, 7) is 6.29. The summed E-state index contributed by atoms with van der Waals surface area (Å²) >= 11 is 0. The molecule has 4 nitrogen and oxygen atoms in total. The Hall–Kier alpha value is -2.70. The number of nitrogens with one attached hydrogen (secondary N) is 1. The Morgan fingerprint density at radius 1 is 1.04 bits per heavy atom. The van der Waals surface area contributed by atoms with E-state index in [4.69, 9.17) is 9.47 Å². The van der Waals surface area contributed by atoms with Crippen molar-refractivity contribution in [2.45, 2.75) is 26.8 Å². The van der Waals surface area contributed by atoms with Crippen LogP contribution in [0.2, 0.25) is 0 Å². The second-order valence-electron chi connectivity index (χ2n) is 6.56. The van der Waals surface area contributed by atoms with E-state index in [9.17, 15) is 18.0 Å². The Morgan fingerprint density at radius 2 is 1.67 bits per heavy atom. The number of carbonyl (C=O) groups excluding carboxylic acids is 1. The van der Waals surface area contributed by atoms with Crippen LogP contribution >= 0.6 is 0 Å². The van der Waals surface area contributed by atoms with Gasteiger partial charge in [-0.15, -0.1) is 0 Å². The summed E-state index contributed by atoms with van der Waals surface area (Å²) in [5.74, 6) is -3.73. The molecule has 27 heavy (non-hydrogen) atoms. The van der Waals surface area contributed by atoms with Gasteiger partial charge in [0.2, 0.25) is 0 Å². The van der Waals surface area contributed by atoms with Crippen LogP contribution in [0.1, 0.15) is 42.7 Å². The predicted molar refractivity (Wildman–Crippen MR) is 95.5 cm³/mol. The van der Waals surface area contributed by atoms with Crippen LogP contribution in [0.15, 0.2) is 30.3 Å². The molecular weight excluding hydrogens is 359 g/mol. The highest BCUT2D eigenvalue weighted by Gasteiger charge is 2.18. The van der Waals surface area contributed by atoms with Gasteiger partial charge in [0.05, 0.1) is 19.8 Å². The van der Waals surface area contributed by atoms with Gasteiger partial charge in [0.15, 0.2) is 29.0 Å². The Kier molecular flexibility index (Phi) is 6.71. The van der Waals surface area contributed by atoms with Crippen LogP contribution in [0.3, 0.4) is 0 Å². The number of hydrogen-bond donors (Lipinski definition) is 1. The Morgan fingerprint density at radius 3 is 2.22 bits per heavy atom. The summed E-state index contributed by atoms with van der Waals surface area (Å²) in [5, 5.41) is 2.62. The van der Waals surface area contributed by atoms with E-state index in [0.29, 0.717) is 41.7 Å². The molecule has 1 amide bonds. The van der Waals surface area contributed by atoms with Crippen LogP contribution < -0.4 is 14.8 Å². The molecule has 1 unspecified atom stereocenters. The van der Waals surface area contributed by atoms with Gasteiger partial charge in [0.1, 0.15) is 0 Å². The fourth-order valence-electron chi connectivity index (χ4n) is 2.38. The van der Waals surface area contributed by atoms with E-state index in [-0.39, 0.29) is 5.56 Å². The molecule has 0 saturated heterocycles. The minimum atomic E-state index is -1.61. The maximum absolute atomic E-state index is 13.3. The summed E-state index contributed by atoms with van der Waals surface area (Å²) in [4.78, 5) is 12.2. The van der Waals surface area contributed by atoms with Gasteiger partial charge in [-0.05, 0) is 42.7 Å². The van der Waals surface area contributed by atoms with Gasteiger partial charge in [-0.2, -0.15) is 0 Å². The van der Waals surface area contributed by atoms with E-state index in [0.717, 1.165) is 0 Å². The molecule has 0 heterocycles. The van der Waals surface area contributed by atoms with Gasteiger partial charge in [-0.3, -0.25) is 4.79 Å². The first-order valence-corrected chi connectivity index (χ1v) is 8.49. The smallest absolute Gasteiger partial charge is 0.251 e. The molecule has 146 valence electrons. The maximum Gasteiger partial charge on any atom is 0.251 e. The number of amides is 1. The van der Waals surface area contributed by atoms with Crippen LogP contribution in [-0.2, 0) is 0 Å². The van der Waals surface area contributed by atoms with Crippen molar-refractivity contribution in [3.8, 4) is 11.5 Å². The lowest BCUT2D eigenvalue weighted by molar-refractivity contribution is 0.0938. The molecule has 0 aliphatic carbocycles. The fourth-order valence-corrected chi connectivity index (χ4v) is 2.38. The predicted octanol–water partition coefficient (Wildman–Crippen LogP) is 4.64. The molecule has 0 aliphatic rings. The van der Waals surface area contributed by atoms with E-state index in [1.165, 1.54) is 7.11 Å². The lowest BCUT2D eigenvalue weighted by atomic mass is 10.1. The average Bonchev–Trinajstić information content (AvgIpc) is 2.63. The minimum absolute atomic E-state index is 0.304. The molecular formula is C20H22F3NO3. The topological polar surface area (TPSA) is 47.6 Å². The van der Waals surface area contributed by atoms with Crippen molar-refractivity contribution in [1.29, 1.82) is 0 Å². The van der Waals surface area contributed by atoms with Gasteiger partial charge in [0.25, 0.3) is 5.91 Å². The quantitative estimate of drug-likeness (QED) is 0.711. The van der Waals surface area contributed by atoms with Crippen molar-refractivity contribution in [2.24, 2.45) is 5.92 Å². The number of halogens is 3. The number of benzene rings is 2. The summed E-state index contributed by atoms with van der Waals surface area (Å²) in [5.41, 5.74) is 0.405. The van der Waals surface area contributed by atoms with Crippen molar-refractivity contribution in [3.63, 3.8) is 0 Å². The zero-order valence-electron chi connectivity index (χ0n) is 15.6. The number of carbonyl (C=O) groups is 1. The number of methoxy groups -OCH3 is 1. The largest absolute Gasteiger partial charge is 0.493 e. The third-order valence-electron chi connectivity index (χ3n) is 3.85. The second-order valence-corrected chi connectivity index (χ2v) is 6.56.